The number of likely N-dealkylation sites (tertiary alicyclic amines) is 1. The van der Waals surface area contributed by atoms with E-state index in [-0.39, 0.29) is 30.4 Å². The first-order chi connectivity index (χ1) is 15.7. The standard InChI is InChI=1S/C23H24F3N5O2/c1-15-3-7-20(31-28-9-10-29-31)19(11-15)22(32)30-13-17(5-4-16(30)2)14-33-21-8-6-18(12-27-21)23(24,25)26/h3,6-12,16-17H,4-5,13-14H2,1-2H3/t16-,17?/m1/s1. The summed E-state index contributed by atoms with van der Waals surface area (Å²) >= 11 is 0. The highest BCUT2D eigenvalue weighted by Crippen LogP contribution is 2.30. The second-order valence-corrected chi connectivity index (χ2v) is 8.28. The van der Waals surface area contributed by atoms with Crippen molar-refractivity contribution >= 4 is 5.91 Å². The quantitative estimate of drug-likeness (QED) is 0.569. The lowest BCUT2D eigenvalue weighted by atomic mass is 9.93. The normalized spacial score (nSPS) is 18.9. The van der Waals surface area contributed by atoms with Gasteiger partial charge in [-0.25, -0.2) is 4.98 Å². The monoisotopic (exact) mass is 459 g/mol. The van der Waals surface area contributed by atoms with Crippen LogP contribution in [0.5, 0.6) is 5.88 Å². The summed E-state index contributed by atoms with van der Waals surface area (Å²) in [6.07, 6.45) is 1.07. The minimum Gasteiger partial charge on any atom is -0.477 e. The molecular weight excluding hydrogens is 435 g/mol. The van der Waals surface area contributed by atoms with Crippen LogP contribution in [0.2, 0.25) is 0 Å². The zero-order chi connectivity index (χ0) is 23.6. The first-order valence-corrected chi connectivity index (χ1v) is 10.7. The summed E-state index contributed by atoms with van der Waals surface area (Å²) in [6, 6.07) is 7.77. The number of pyridine rings is 1. The second kappa shape index (κ2) is 9.21. The van der Waals surface area contributed by atoms with Gasteiger partial charge in [0.1, 0.15) is 0 Å². The van der Waals surface area contributed by atoms with Crippen LogP contribution in [0.3, 0.4) is 0 Å². The van der Waals surface area contributed by atoms with Crippen molar-refractivity contribution < 1.29 is 22.7 Å². The molecule has 0 aliphatic carbocycles. The molecule has 4 rings (SSSR count). The van der Waals surface area contributed by atoms with Gasteiger partial charge >= 0.3 is 6.18 Å². The molecule has 1 unspecified atom stereocenters. The SMILES string of the molecule is Cc1ccc(-n2nccn2)c(C(=O)N2CC(COc3ccc(C(F)(F)F)cn3)CC[C@H]2C)c1. The summed E-state index contributed by atoms with van der Waals surface area (Å²) in [5.74, 6) is 0.0476. The molecular formula is C23H24F3N5O2. The lowest BCUT2D eigenvalue weighted by Gasteiger charge is -2.38. The zero-order valence-corrected chi connectivity index (χ0v) is 18.3. The second-order valence-electron chi connectivity index (χ2n) is 8.28. The average Bonchev–Trinajstić information content (AvgIpc) is 3.32. The number of carbonyl (C=O) groups excluding carboxylic acids is 1. The third-order valence-corrected chi connectivity index (χ3v) is 5.79. The maximum absolute atomic E-state index is 13.5. The number of nitrogens with zero attached hydrogens (tertiary/aromatic N) is 5. The van der Waals surface area contributed by atoms with Gasteiger partial charge in [0.05, 0.1) is 35.8 Å². The predicted molar refractivity (Wildman–Crippen MR) is 114 cm³/mol. The summed E-state index contributed by atoms with van der Waals surface area (Å²) in [5.41, 5.74) is 1.25. The van der Waals surface area contributed by atoms with E-state index < -0.39 is 11.7 Å². The first-order valence-electron chi connectivity index (χ1n) is 10.7. The van der Waals surface area contributed by atoms with Crippen molar-refractivity contribution in [2.24, 2.45) is 5.92 Å². The summed E-state index contributed by atoms with van der Waals surface area (Å²) < 4.78 is 43.8. The van der Waals surface area contributed by atoms with Crippen LogP contribution in [-0.2, 0) is 6.18 Å². The molecule has 0 spiro atoms. The highest BCUT2D eigenvalue weighted by atomic mass is 19.4. The van der Waals surface area contributed by atoms with E-state index in [0.29, 0.717) is 17.8 Å². The predicted octanol–water partition coefficient (Wildman–Crippen LogP) is 4.31. The number of aromatic nitrogens is 4. The highest BCUT2D eigenvalue weighted by molar-refractivity contribution is 5.98. The molecule has 0 saturated carbocycles. The molecule has 1 aliphatic rings. The number of halogens is 3. The molecule has 2 aromatic heterocycles. The third kappa shape index (κ3) is 5.15. The maximum atomic E-state index is 13.5. The fourth-order valence-corrected chi connectivity index (χ4v) is 3.93. The fraction of sp³-hybridized carbons (Fsp3) is 0.391. The highest BCUT2D eigenvalue weighted by Gasteiger charge is 2.32. The Morgan fingerprint density at radius 1 is 1.15 bits per heavy atom. The van der Waals surface area contributed by atoms with Crippen LogP contribution in [0.25, 0.3) is 5.69 Å². The van der Waals surface area contributed by atoms with Crippen molar-refractivity contribution in [3.05, 3.63) is 65.6 Å². The Morgan fingerprint density at radius 3 is 2.58 bits per heavy atom. The summed E-state index contributed by atoms with van der Waals surface area (Å²) in [7, 11) is 0. The Bertz CT molecular complexity index is 1100. The summed E-state index contributed by atoms with van der Waals surface area (Å²) in [4.78, 5) is 20.5. The van der Waals surface area contributed by atoms with Crippen molar-refractivity contribution in [3.63, 3.8) is 0 Å². The van der Waals surface area contributed by atoms with Crippen molar-refractivity contribution in [1.29, 1.82) is 0 Å². The fourth-order valence-electron chi connectivity index (χ4n) is 3.93. The molecule has 174 valence electrons. The Hall–Kier alpha value is -3.43. The molecule has 2 atom stereocenters. The van der Waals surface area contributed by atoms with E-state index in [1.807, 2.05) is 36.9 Å². The van der Waals surface area contributed by atoms with Gasteiger partial charge in [0, 0.05) is 30.8 Å². The molecule has 1 aromatic carbocycles. The van der Waals surface area contributed by atoms with E-state index in [4.69, 9.17) is 4.74 Å². The molecule has 3 aromatic rings. The van der Waals surface area contributed by atoms with Crippen LogP contribution in [0.1, 0.15) is 41.3 Å². The van der Waals surface area contributed by atoms with E-state index in [1.54, 1.807) is 12.4 Å². The van der Waals surface area contributed by atoms with Crippen molar-refractivity contribution in [2.45, 2.75) is 38.9 Å². The number of aryl methyl sites for hydroxylation is 1. The average molecular weight is 459 g/mol. The number of piperidine rings is 1. The Kier molecular flexibility index (Phi) is 6.35. The molecule has 3 heterocycles. The van der Waals surface area contributed by atoms with E-state index in [9.17, 15) is 18.0 Å². The van der Waals surface area contributed by atoms with E-state index in [1.165, 1.54) is 10.9 Å². The van der Waals surface area contributed by atoms with Gasteiger partial charge in [0.25, 0.3) is 5.91 Å². The van der Waals surface area contributed by atoms with Gasteiger partial charge in [-0.05, 0) is 44.9 Å². The van der Waals surface area contributed by atoms with Crippen molar-refractivity contribution in [3.8, 4) is 11.6 Å². The summed E-state index contributed by atoms with van der Waals surface area (Å²) in [6.45, 7) is 4.66. The minimum atomic E-state index is -4.44. The molecule has 7 nitrogen and oxygen atoms in total. The molecule has 0 bridgehead atoms. The number of hydrogen-bond donors (Lipinski definition) is 0. The van der Waals surface area contributed by atoms with Crippen LogP contribution in [0.15, 0.2) is 48.9 Å². The van der Waals surface area contributed by atoms with Crippen LogP contribution in [0, 0.1) is 12.8 Å². The zero-order valence-electron chi connectivity index (χ0n) is 18.3. The van der Waals surface area contributed by atoms with Gasteiger partial charge in [-0.15, -0.1) is 0 Å². The van der Waals surface area contributed by atoms with Crippen molar-refractivity contribution in [2.75, 3.05) is 13.2 Å². The number of ether oxygens (including phenoxy) is 1. The van der Waals surface area contributed by atoms with Crippen LogP contribution in [0.4, 0.5) is 13.2 Å². The van der Waals surface area contributed by atoms with Gasteiger partial charge in [-0.1, -0.05) is 11.6 Å². The van der Waals surface area contributed by atoms with Gasteiger partial charge in [0.2, 0.25) is 5.88 Å². The number of benzene rings is 1. The lowest BCUT2D eigenvalue weighted by molar-refractivity contribution is -0.137. The summed E-state index contributed by atoms with van der Waals surface area (Å²) in [5, 5.41) is 8.32. The molecule has 10 heteroatoms. The van der Waals surface area contributed by atoms with Crippen LogP contribution in [-0.4, -0.2) is 50.0 Å². The first kappa shape index (κ1) is 22.8. The molecule has 0 radical (unpaired) electrons. The molecule has 1 aliphatic heterocycles. The Morgan fingerprint density at radius 2 is 1.91 bits per heavy atom. The number of carbonyl (C=O) groups is 1. The third-order valence-electron chi connectivity index (χ3n) is 5.79. The number of alkyl halides is 3. The van der Waals surface area contributed by atoms with Gasteiger partial charge in [0.15, 0.2) is 0 Å². The number of amides is 1. The van der Waals surface area contributed by atoms with E-state index in [2.05, 4.69) is 15.2 Å². The van der Waals surface area contributed by atoms with Gasteiger partial charge in [-0.2, -0.15) is 28.2 Å². The molecule has 0 N–H and O–H groups in total. The number of rotatable bonds is 5. The molecule has 1 fully saturated rings. The number of hydrogen-bond acceptors (Lipinski definition) is 5. The minimum absolute atomic E-state index is 0.0327. The topological polar surface area (TPSA) is 73.1 Å². The van der Waals surface area contributed by atoms with Crippen molar-refractivity contribution in [1.82, 2.24) is 24.9 Å². The molecule has 1 saturated heterocycles. The molecule has 33 heavy (non-hydrogen) atoms. The Balaban J connectivity index is 1.46. The largest absolute Gasteiger partial charge is 0.477 e. The van der Waals surface area contributed by atoms with E-state index in [0.717, 1.165) is 30.7 Å². The van der Waals surface area contributed by atoms with E-state index >= 15 is 0 Å². The van der Waals surface area contributed by atoms with Gasteiger partial charge < -0.3 is 9.64 Å². The Labute approximate surface area is 189 Å². The van der Waals surface area contributed by atoms with Crippen LogP contribution < -0.4 is 4.74 Å². The smallest absolute Gasteiger partial charge is 0.417 e. The van der Waals surface area contributed by atoms with Crippen LogP contribution >= 0.6 is 0 Å². The maximum Gasteiger partial charge on any atom is 0.417 e. The lowest BCUT2D eigenvalue weighted by Crippen LogP contribution is -2.47. The van der Waals surface area contributed by atoms with Gasteiger partial charge in [-0.3, -0.25) is 4.79 Å². The molecule has 1 amide bonds.